The number of ether oxygens (including phenoxy) is 2. The Morgan fingerprint density at radius 2 is 2.10 bits per heavy atom. The normalized spacial score (nSPS) is 14.7. The topological polar surface area (TPSA) is 81.4 Å². The second kappa shape index (κ2) is 8.89. The van der Waals surface area contributed by atoms with Gasteiger partial charge in [-0.3, -0.25) is 0 Å². The van der Waals surface area contributed by atoms with E-state index in [2.05, 4.69) is 20.8 Å². The van der Waals surface area contributed by atoms with Gasteiger partial charge in [0.1, 0.15) is 0 Å². The van der Waals surface area contributed by atoms with Gasteiger partial charge in [0.05, 0.1) is 19.8 Å². The van der Waals surface area contributed by atoms with Crippen LogP contribution in [0.4, 0.5) is 6.01 Å². The van der Waals surface area contributed by atoms with Crippen LogP contribution in [0.2, 0.25) is 0 Å². The first-order valence-electron chi connectivity index (χ1n) is 7.25. The van der Waals surface area contributed by atoms with Gasteiger partial charge in [0.25, 0.3) is 0 Å². The second-order valence-electron chi connectivity index (χ2n) is 4.90. The van der Waals surface area contributed by atoms with Crippen molar-refractivity contribution in [2.45, 2.75) is 38.3 Å². The second-order valence-corrected chi connectivity index (χ2v) is 4.90. The van der Waals surface area contributed by atoms with Gasteiger partial charge in [-0.25, -0.2) is 0 Å². The molecule has 0 aliphatic heterocycles. The van der Waals surface area contributed by atoms with E-state index in [4.69, 9.17) is 13.9 Å². The van der Waals surface area contributed by atoms with Crippen LogP contribution in [0.5, 0.6) is 0 Å². The van der Waals surface area contributed by atoms with Gasteiger partial charge in [0, 0.05) is 26.3 Å². The van der Waals surface area contributed by atoms with Gasteiger partial charge in [0.2, 0.25) is 5.89 Å². The Kier molecular flexibility index (Phi) is 6.76. The number of rotatable bonds is 12. The summed E-state index contributed by atoms with van der Waals surface area (Å²) >= 11 is 0. The quantitative estimate of drug-likeness (QED) is 0.558. The molecule has 20 heavy (non-hydrogen) atoms. The van der Waals surface area contributed by atoms with Crippen molar-refractivity contribution in [3.63, 3.8) is 0 Å². The molecule has 1 saturated carbocycles. The van der Waals surface area contributed by atoms with E-state index >= 15 is 0 Å². The molecular formula is C13H24N4O3. The highest BCUT2D eigenvalue weighted by molar-refractivity contribution is 5.16. The molecule has 1 fully saturated rings. The molecule has 0 amide bonds. The molecule has 0 spiro atoms. The van der Waals surface area contributed by atoms with E-state index in [1.165, 1.54) is 12.8 Å². The molecule has 0 atom stereocenters. The Balaban J connectivity index is 1.46. The van der Waals surface area contributed by atoms with Crippen molar-refractivity contribution in [3.05, 3.63) is 5.89 Å². The minimum atomic E-state index is 0.498. The van der Waals surface area contributed by atoms with Gasteiger partial charge in [-0.1, -0.05) is 5.10 Å². The van der Waals surface area contributed by atoms with Crippen LogP contribution < -0.4 is 10.6 Å². The van der Waals surface area contributed by atoms with E-state index in [1.54, 1.807) is 7.11 Å². The molecule has 1 aliphatic rings. The van der Waals surface area contributed by atoms with Crippen LogP contribution in [0.1, 0.15) is 31.6 Å². The number of methoxy groups -OCH3 is 1. The van der Waals surface area contributed by atoms with Gasteiger partial charge < -0.3 is 24.5 Å². The first kappa shape index (κ1) is 15.2. The third-order valence-corrected chi connectivity index (χ3v) is 3.01. The van der Waals surface area contributed by atoms with E-state index in [9.17, 15) is 0 Å². The summed E-state index contributed by atoms with van der Waals surface area (Å²) < 4.78 is 15.8. The number of nitrogens with one attached hydrogen (secondary N) is 2. The Hall–Kier alpha value is -1.18. The zero-order chi connectivity index (χ0) is 14.0. The zero-order valence-corrected chi connectivity index (χ0v) is 12.1. The highest BCUT2D eigenvalue weighted by Crippen LogP contribution is 2.19. The van der Waals surface area contributed by atoms with Crippen molar-refractivity contribution in [2.24, 2.45) is 0 Å². The van der Waals surface area contributed by atoms with Crippen molar-refractivity contribution in [1.29, 1.82) is 0 Å². The summed E-state index contributed by atoms with van der Waals surface area (Å²) in [6.07, 6.45) is 4.52. The first-order chi connectivity index (χ1) is 9.88. The maximum absolute atomic E-state index is 5.48. The van der Waals surface area contributed by atoms with Crippen molar-refractivity contribution in [3.8, 4) is 0 Å². The molecule has 7 nitrogen and oxygen atoms in total. The van der Waals surface area contributed by atoms with Crippen LogP contribution >= 0.6 is 0 Å². The van der Waals surface area contributed by atoms with E-state index in [0.29, 0.717) is 37.7 Å². The summed E-state index contributed by atoms with van der Waals surface area (Å²) in [6, 6.07) is 1.15. The third kappa shape index (κ3) is 6.31. The highest BCUT2D eigenvalue weighted by Gasteiger charge is 2.21. The molecule has 1 aliphatic carbocycles. The molecule has 1 heterocycles. The molecule has 1 aromatic rings. The molecule has 2 rings (SSSR count). The zero-order valence-electron chi connectivity index (χ0n) is 12.1. The lowest BCUT2D eigenvalue weighted by molar-refractivity contribution is 0.0691. The fraction of sp³-hybridized carbons (Fsp3) is 0.846. The number of unbranched alkanes of at least 4 members (excludes halogenated alkanes) is 1. The predicted molar refractivity (Wildman–Crippen MR) is 74.6 cm³/mol. The Morgan fingerprint density at radius 3 is 2.90 bits per heavy atom. The molecule has 0 bridgehead atoms. The standard InChI is InChI=1S/C13H24N4O3/c1-18-8-9-19-7-3-2-6-14-13-17-16-12(20-13)10-15-11-4-5-11/h11,15H,2-10H2,1H3,(H,14,17). The van der Waals surface area contributed by atoms with Gasteiger partial charge in [-0.2, -0.15) is 0 Å². The summed E-state index contributed by atoms with van der Waals surface area (Å²) in [5, 5.41) is 14.4. The lowest BCUT2D eigenvalue weighted by Gasteiger charge is -2.03. The summed E-state index contributed by atoms with van der Waals surface area (Å²) in [4.78, 5) is 0. The minimum absolute atomic E-state index is 0.498. The molecule has 0 aromatic carbocycles. The van der Waals surface area contributed by atoms with Crippen LogP contribution in [0.15, 0.2) is 4.42 Å². The SMILES string of the molecule is COCCOCCCCNc1nnc(CNC2CC2)o1. The largest absolute Gasteiger partial charge is 0.407 e. The number of aromatic nitrogens is 2. The molecule has 0 radical (unpaired) electrons. The van der Waals surface area contributed by atoms with Gasteiger partial charge in [-0.15, -0.1) is 5.10 Å². The molecular weight excluding hydrogens is 260 g/mol. The molecule has 0 saturated heterocycles. The van der Waals surface area contributed by atoms with E-state index in [-0.39, 0.29) is 0 Å². The predicted octanol–water partition coefficient (Wildman–Crippen LogP) is 1.18. The van der Waals surface area contributed by atoms with E-state index in [0.717, 1.165) is 26.0 Å². The molecule has 1 aromatic heterocycles. The number of anilines is 1. The number of hydrogen-bond donors (Lipinski definition) is 2. The van der Waals surface area contributed by atoms with E-state index in [1.807, 2.05) is 0 Å². The highest BCUT2D eigenvalue weighted by atomic mass is 16.5. The number of hydrogen-bond acceptors (Lipinski definition) is 7. The van der Waals surface area contributed by atoms with Crippen molar-refractivity contribution < 1.29 is 13.9 Å². The fourth-order valence-corrected chi connectivity index (χ4v) is 1.68. The Morgan fingerprint density at radius 1 is 1.20 bits per heavy atom. The van der Waals surface area contributed by atoms with Gasteiger partial charge >= 0.3 is 6.01 Å². The van der Waals surface area contributed by atoms with E-state index < -0.39 is 0 Å². The van der Waals surface area contributed by atoms with Crippen LogP contribution in [0.25, 0.3) is 0 Å². The van der Waals surface area contributed by atoms with Crippen LogP contribution in [0.3, 0.4) is 0 Å². The Labute approximate surface area is 119 Å². The van der Waals surface area contributed by atoms with Crippen LogP contribution in [-0.2, 0) is 16.0 Å². The van der Waals surface area contributed by atoms with Crippen LogP contribution in [-0.4, -0.2) is 49.7 Å². The third-order valence-electron chi connectivity index (χ3n) is 3.01. The summed E-state index contributed by atoms with van der Waals surface area (Å²) in [6.45, 7) is 3.53. The van der Waals surface area contributed by atoms with Crippen molar-refractivity contribution in [2.75, 3.05) is 38.8 Å². The molecule has 7 heteroatoms. The fourth-order valence-electron chi connectivity index (χ4n) is 1.68. The Bertz CT molecular complexity index is 368. The average molecular weight is 284 g/mol. The van der Waals surface area contributed by atoms with Crippen molar-refractivity contribution in [1.82, 2.24) is 15.5 Å². The lowest BCUT2D eigenvalue weighted by atomic mass is 10.3. The average Bonchev–Trinajstić information content (AvgIpc) is 3.18. The lowest BCUT2D eigenvalue weighted by Crippen LogP contribution is -2.15. The summed E-state index contributed by atoms with van der Waals surface area (Å²) in [7, 11) is 1.67. The molecule has 0 unspecified atom stereocenters. The van der Waals surface area contributed by atoms with Gasteiger partial charge in [0.15, 0.2) is 0 Å². The summed E-state index contributed by atoms with van der Waals surface area (Å²) in [5.41, 5.74) is 0. The summed E-state index contributed by atoms with van der Waals surface area (Å²) in [5.74, 6) is 0.641. The maximum atomic E-state index is 5.48. The van der Waals surface area contributed by atoms with Crippen LogP contribution in [0, 0.1) is 0 Å². The maximum Gasteiger partial charge on any atom is 0.315 e. The minimum Gasteiger partial charge on any atom is -0.407 e. The van der Waals surface area contributed by atoms with Crippen molar-refractivity contribution >= 4 is 6.01 Å². The molecule has 2 N–H and O–H groups in total. The first-order valence-corrected chi connectivity index (χ1v) is 7.25. The van der Waals surface area contributed by atoms with Gasteiger partial charge in [-0.05, 0) is 25.7 Å². The smallest absolute Gasteiger partial charge is 0.315 e. The number of nitrogens with zero attached hydrogens (tertiary/aromatic N) is 2. The monoisotopic (exact) mass is 284 g/mol. The molecule has 114 valence electrons.